The molecule has 0 saturated heterocycles. The quantitative estimate of drug-likeness (QED) is 0.576. The number of hydrogen-bond acceptors (Lipinski definition) is 2. The van der Waals surface area contributed by atoms with Crippen LogP contribution in [0.25, 0.3) is 0 Å². The van der Waals surface area contributed by atoms with Gasteiger partial charge >= 0.3 is 0 Å². The van der Waals surface area contributed by atoms with Crippen molar-refractivity contribution in [1.29, 1.82) is 0 Å². The average molecular weight is 219 g/mol. The Labute approximate surface area is 96.1 Å². The van der Waals surface area contributed by atoms with Crippen LogP contribution in [-0.4, -0.2) is 17.9 Å². The SMILES string of the molecule is C/C=C/C=C/C(=O)N(C)C(C)c1ccco1. The molecule has 1 aromatic heterocycles. The summed E-state index contributed by atoms with van der Waals surface area (Å²) in [5, 5.41) is 0. The first-order chi connectivity index (χ1) is 7.66. The lowest BCUT2D eigenvalue weighted by molar-refractivity contribution is -0.126. The molecule has 0 radical (unpaired) electrons. The second-order valence-corrected chi connectivity index (χ2v) is 3.53. The number of rotatable bonds is 4. The first-order valence-corrected chi connectivity index (χ1v) is 5.26. The minimum atomic E-state index is -0.0576. The summed E-state index contributed by atoms with van der Waals surface area (Å²) in [7, 11) is 1.76. The van der Waals surface area contributed by atoms with Crippen LogP contribution in [0.2, 0.25) is 0 Å². The number of carbonyl (C=O) groups is 1. The van der Waals surface area contributed by atoms with E-state index in [2.05, 4.69) is 0 Å². The van der Waals surface area contributed by atoms with Gasteiger partial charge in [0.05, 0.1) is 12.3 Å². The van der Waals surface area contributed by atoms with Crippen LogP contribution in [0.4, 0.5) is 0 Å². The predicted molar refractivity (Wildman–Crippen MR) is 63.8 cm³/mol. The molecule has 0 aliphatic rings. The van der Waals surface area contributed by atoms with Gasteiger partial charge in [0, 0.05) is 13.1 Å². The molecule has 0 aromatic carbocycles. The average Bonchev–Trinajstić information content (AvgIpc) is 2.80. The molecule has 1 aromatic rings. The van der Waals surface area contributed by atoms with Gasteiger partial charge in [0.2, 0.25) is 5.91 Å². The number of amides is 1. The van der Waals surface area contributed by atoms with Crippen molar-refractivity contribution < 1.29 is 9.21 Å². The van der Waals surface area contributed by atoms with Crippen molar-refractivity contribution in [2.45, 2.75) is 19.9 Å². The third-order valence-corrected chi connectivity index (χ3v) is 2.43. The van der Waals surface area contributed by atoms with Crippen LogP contribution in [0, 0.1) is 0 Å². The van der Waals surface area contributed by atoms with E-state index in [1.54, 1.807) is 30.4 Å². The van der Waals surface area contributed by atoms with Gasteiger partial charge in [-0.15, -0.1) is 0 Å². The molecular weight excluding hydrogens is 202 g/mol. The van der Waals surface area contributed by atoms with Crippen LogP contribution in [0.1, 0.15) is 25.6 Å². The van der Waals surface area contributed by atoms with Gasteiger partial charge in [0.15, 0.2) is 0 Å². The Bertz CT molecular complexity index is 377. The Hall–Kier alpha value is -1.77. The van der Waals surface area contributed by atoms with Gasteiger partial charge in [-0.25, -0.2) is 0 Å². The van der Waals surface area contributed by atoms with Crippen LogP contribution in [-0.2, 0) is 4.79 Å². The summed E-state index contributed by atoms with van der Waals surface area (Å²) in [4.78, 5) is 13.4. The van der Waals surface area contributed by atoms with Crippen molar-refractivity contribution in [3.8, 4) is 0 Å². The van der Waals surface area contributed by atoms with E-state index in [0.29, 0.717) is 0 Å². The van der Waals surface area contributed by atoms with Crippen LogP contribution in [0.5, 0.6) is 0 Å². The van der Waals surface area contributed by atoms with Crippen molar-refractivity contribution in [2.75, 3.05) is 7.05 Å². The molecule has 1 amide bonds. The molecular formula is C13H17NO2. The molecule has 3 heteroatoms. The fourth-order valence-electron chi connectivity index (χ4n) is 1.28. The Kier molecular flexibility index (Phi) is 4.58. The number of likely N-dealkylation sites (N-methyl/N-ethyl adjacent to an activating group) is 1. The minimum Gasteiger partial charge on any atom is -0.467 e. The summed E-state index contributed by atoms with van der Waals surface area (Å²) >= 11 is 0. The highest BCUT2D eigenvalue weighted by Crippen LogP contribution is 2.18. The monoisotopic (exact) mass is 219 g/mol. The summed E-state index contributed by atoms with van der Waals surface area (Å²) in [6.07, 6.45) is 8.58. The summed E-state index contributed by atoms with van der Waals surface area (Å²) in [6.45, 7) is 3.84. The van der Waals surface area contributed by atoms with E-state index in [4.69, 9.17) is 4.42 Å². The lowest BCUT2D eigenvalue weighted by atomic mass is 10.2. The largest absolute Gasteiger partial charge is 0.467 e. The van der Waals surface area contributed by atoms with Crippen LogP contribution in [0.3, 0.4) is 0 Å². The summed E-state index contributed by atoms with van der Waals surface area (Å²) < 4.78 is 5.26. The molecule has 0 N–H and O–H groups in total. The molecule has 0 aliphatic heterocycles. The summed E-state index contributed by atoms with van der Waals surface area (Å²) in [5.74, 6) is 0.747. The van der Waals surface area contributed by atoms with Crippen molar-refractivity contribution in [2.24, 2.45) is 0 Å². The highest BCUT2D eigenvalue weighted by molar-refractivity contribution is 5.87. The maximum Gasteiger partial charge on any atom is 0.246 e. The number of nitrogens with zero attached hydrogens (tertiary/aromatic N) is 1. The van der Waals surface area contributed by atoms with Crippen molar-refractivity contribution in [1.82, 2.24) is 4.90 Å². The minimum absolute atomic E-state index is 0.0398. The normalized spacial score (nSPS) is 13.4. The van der Waals surface area contributed by atoms with Crippen molar-refractivity contribution in [3.05, 3.63) is 48.5 Å². The predicted octanol–water partition coefficient (Wildman–Crippen LogP) is 2.93. The van der Waals surface area contributed by atoms with Crippen molar-refractivity contribution in [3.63, 3.8) is 0 Å². The van der Waals surface area contributed by atoms with E-state index >= 15 is 0 Å². The zero-order chi connectivity index (χ0) is 12.0. The van der Waals surface area contributed by atoms with E-state index in [1.165, 1.54) is 0 Å². The van der Waals surface area contributed by atoms with E-state index in [9.17, 15) is 4.79 Å². The van der Waals surface area contributed by atoms with Crippen LogP contribution < -0.4 is 0 Å². The smallest absolute Gasteiger partial charge is 0.246 e. The third kappa shape index (κ3) is 3.12. The number of furan rings is 1. The molecule has 0 spiro atoms. The highest BCUT2D eigenvalue weighted by atomic mass is 16.3. The van der Waals surface area contributed by atoms with Gasteiger partial charge in [0.25, 0.3) is 0 Å². The lowest BCUT2D eigenvalue weighted by Gasteiger charge is -2.21. The van der Waals surface area contributed by atoms with Crippen molar-refractivity contribution >= 4 is 5.91 Å². The standard InChI is InChI=1S/C13H17NO2/c1-4-5-6-9-13(15)14(3)11(2)12-8-7-10-16-12/h4-11H,1-3H3/b5-4+,9-6+. The molecule has 0 bridgehead atoms. The van der Waals surface area contributed by atoms with E-state index in [0.717, 1.165) is 5.76 Å². The molecule has 3 nitrogen and oxygen atoms in total. The zero-order valence-electron chi connectivity index (χ0n) is 9.88. The molecule has 0 aliphatic carbocycles. The molecule has 1 unspecified atom stereocenters. The Morgan fingerprint density at radius 2 is 2.25 bits per heavy atom. The first kappa shape index (κ1) is 12.3. The Balaban J connectivity index is 2.63. The molecule has 86 valence electrons. The summed E-state index contributed by atoms with van der Waals surface area (Å²) in [6, 6.07) is 3.63. The first-order valence-electron chi connectivity index (χ1n) is 5.26. The summed E-state index contributed by atoms with van der Waals surface area (Å²) in [5.41, 5.74) is 0. The zero-order valence-corrected chi connectivity index (χ0v) is 9.88. The van der Waals surface area contributed by atoms with Crippen LogP contribution >= 0.6 is 0 Å². The second-order valence-electron chi connectivity index (χ2n) is 3.53. The highest BCUT2D eigenvalue weighted by Gasteiger charge is 2.16. The van der Waals surface area contributed by atoms with Gasteiger partial charge in [-0.05, 0) is 26.0 Å². The molecule has 1 atom stereocenters. The van der Waals surface area contributed by atoms with E-state index < -0.39 is 0 Å². The number of hydrogen-bond donors (Lipinski definition) is 0. The number of carbonyl (C=O) groups excluding carboxylic acids is 1. The Morgan fingerprint density at radius 3 is 2.81 bits per heavy atom. The van der Waals surface area contributed by atoms with Gasteiger partial charge < -0.3 is 9.32 Å². The number of allylic oxidation sites excluding steroid dienone is 3. The van der Waals surface area contributed by atoms with E-state index in [1.807, 2.05) is 38.1 Å². The van der Waals surface area contributed by atoms with Gasteiger partial charge in [0.1, 0.15) is 5.76 Å². The molecule has 16 heavy (non-hydrogen) atoms. The van der Waals surface area contributed by atoms with Gasteiger partial charge in [-0.1, -0.05) is 18.2 Å². The lowest BCUT2D eigenvalue weighted by Crippen LogP contribution is -2.27. The van der Waals surface area contributed by atoms with Gasteiger partial charge in [-0.2, -0.15) is 0 Å². The van der Waals surface area contributed by atoms with E-state index in [-0.39, 0.29) is 11.9 Å². The van der Waals surface area contributed by atoms with Gasteiger partial charge in [-0.3, -0.25) is 4.79 Å². The topological polar surface area (TPSA) is 33.5 Å². The molecule has 1 heterocycles. The maximum atomic E-state index is 11.7. The Morgan fingerprint density at radius 1 is 1.50 bits per heavy atom. The van der Waals surface area contributed by atoms with Crippen LogP contribution in [0.15, 0.2) is 47.1 Å². The molecule has 1 rings (SSSR count). The second kappa shape index (κ2) is 5.95. The third-order valence-electron chi connectivity index (χ3n) is 2.43. The maximum absolute atomic E-state index is 11.7. The molecule has 0 fully saturated rings. The fraction of sp³-hybridized carbons (Fsp3) is 0.308. The molecule has 0 saturated carbocycles. The fourth-order valence-corrected chi connectivity index (χ4v) is 1.28.